The van der Waals surface area contributed by atoms with Crippen molar-refractivity contribution in [1.29, 1.82) is 0 Å². The van der Waals surface area contributed by atoms with E-state index >= 15 is 0 Å². The van der Waals surface area contributed by atoms with Gasteiger partial charge in [-0.15, -0.1) is 0 Å². The number of hydrogen-bond acceptors (Lipinski definition) is 8. The van der Waals surface area contributed by atoms with Gasteiger partial charge in [-0.3, -0.25) is 9.59 Å². The molecule has 14 heteroatoms. The summed E-state index contributed by atoms with van der Waals surface area (Å²) < 4.78 is 9.63. The van der Waals surface area contributed by atoms with E-state index in [-0.39, 0.29) is 41.1 Å². The number of benzene rings is 3. The lowest BCUT2D eigenvalue weighted by molar-refractivity contribution is -0.136. The highest BCUT2D eigenvalue weighted by molar-refractivity contribution is 5.89. The number of fused-ring (bicyclic) bond motifs is 3. The van der Waals surface area contributed by atoms with Crippen molar-refractivity contribution in [1.82, 2.24) is 40.4 Å². The van der Waals surface area contributed by atoms with E-state index in [1.165, 1.54) is 67.7 Å². The number of H-pyrrole nitrogens is 2. The van der Waals surface area contributed by atoms with E-state index in [9.17, 15) is 19.2 Å². The highest BCUT2D eigenvalue weighted by Gasteiger charge is 2.44. The number of nitrogens with zero attached hydrogens (tertiary/aromatic N) is 4. The van der Waals surface area contributed by atoms with E-state index in [2.05, 4.69) is 75.2 Å². The lowest BCUT2D eigenvalue weighted by Gasteiger charge is -2.30. The Hall–Kier alpha value is -6.18. The first-order valence-electron chi connectivity index (χ1n) is 23.5. The van der Waals surface area contributed by atoms with Crippen LogP contribution in [0.15, 0.2) is 60.8 Å². The molecule has 4 N–H and O–H groups in total. The van der Waals surface area contributed by atoms with Crippen LogP contribution in [0.2, 0.25) is 0 Å². The highest BCUT2D eigenvalue weighted by atomic mass is 16.5. The molecule has 4 aliphatic rings. The van der Waals surface area contributed by atoms with Crippen molar-refractivity contribution in [2.24, 2.45) is 11.8 Å². The molecule has 2 aromatic heterocycles. The Morgan fingerprint density at radius 3 is 1.86 bits per heavy atom. The van der Waals surface area contributed by atoms with Gasteiger partial charge in [0.1, 0.15) is 23.7 Å². The number of aromatic amines is 2. The van der Waals surface area contributed by atoms with Crippen molar-refractivity contribution in [2.75, 3.05) is 27.3 Å². The summed E-state index contributed by atoms with van der Waals surface area (Å²) in [6.45, 7) is 8.89. The Labute approximate surface area is 380 Å². The van der Waals surface area contributed by atoms with Gasteiger partial charge in [0.2, 0.25) is 11.8 Å². The average Bonchev–Trinajstić information content (AvgIpc) is 4.18. The maximum atomic E-state index is 13.8. The third-order valence-electron chi connectivity index (χ3n) is 14.7. The Bertz CT molecular complexity index is 2590. The van der Waals surface area contributed by atoms with Gasteiger partial charge in [0.25, 0.3) is 0 Å². The van der Waals surface area contributed by atoms with Crippen molar-refractivity contribution in [2.45, 2.75) is 121 Å². The largest absolute Gasteiger partial charge is 0.453 e. The number of aromatic nitrogens is 4. The first kappa shape index (κ1) is 44.0. The molecule has 9 rings (SSSR count). The first-order valence-corrected chi connectivity index (χ1v) is 23.5. The molecule has 342 valence electrons. The van der Waals surface area contributed by atoms with Crippen LogP contribution in [-0.4, -0.2) is 93.1 Å². The van der Waals surface area contributed by atoms with Crippen LogP contribution in [0.4, 0.5) is 9.59 Å². The molecule has 1 spiro atoms. The van der Waals surface area contributed by atoms with E-state index in [1.54, 1.807) is 0 Å². The molecule has 14 nitrogen and oxygen atoms in total. The fraction of sp³-hybridized carbons (Fsp3) is 0.490. The zero-order valence-corrected chi connectivity index (χ0v) is 38.5. The Kier molecular flexibility index (Phi) is 12.2. The molecule has 2 aliphatic heterocycles. The fourth-order valence-corrected chi connectivity index (χ4v) is 11.3. The molecule has 2 aliphatic carbocycles. The van der Waals surface area contributed by atoms with Gasteiger partial charge in [0.05, 0.1) is 49.2 Å². The van der Waals surface area contributed by atoms with Gasteiger partial charge in [0.15, 0.2) is 0 Å². The van der Waals surface area contributed by atoms with Crippen molar-refractivity contribution in [3.63, 3.8) is 0 Å². The molecule has 3 aromatic carbocycles. The van der Waals surface area contributed by atoms with Crippen molar-refractivity contribution in [3.05, 3.63) is 83.6 Å². The molecule has 4 atom stereocenters. The number of nitrogens with one attached hydrogen (secondary N) is 4. The number of hydrogen-bond donors (Lipinski definition) is 4. The predicted octanol–water partition coefficient (Wildman–Crippen LogP) is 9.13. The zero-order valence-electron chi connectivity index (χ0n) is 38.5. The third-order valence-corrected chi connectivity index (χ3v) is 14.7. The number of rotatable bonds is 11. The lowest BCUT2D eigenvalue weighted by atomic mass is 9.76. The molecular formula is C51H62N8O6. The van der Waals surface area contributed by atoms with Crippen molar-refractivity contribution >= 4 is 35.0 Å². The van der Waals surface area contributed by atoms with Crippen LogP contribution in [0, 0.1) is 11.8 Å². The quantitative estimate of drug-likeness (QED) is 0.102. The molecule has 65 heavy (non-hydrogen) atoms. The summed E-state index contributed by atoms with van der Waals surface area (Å²) in [5.41, 5.74) is 11.7. The zero-order chi connectivity index (χ0) is 45.6. The Morgan fingerprint density at radius 2 is 1.26 bits per heavy atom. The third kappa shape index (κ3) is 8.25. The maximum Gasteiger partial charge on any atom is 0.407 e. The van der Waals surface area contributed by atoms with E-state index < -0.39 is 24.3 Å². The predicted molar refractivity (Wildman–Crippen MR) is 249 cm³/mol. The SMILES string of the molecule is COC(=O)N[C@H](C(=O)N1CCC[C@H]1c1ncc(-c2ccc(-c3ccc(-c4ccc5[nH]c([C@@H]6CCCN6C(=O)[C@@H](NC(=O)OC)C(C)C)nc5c4)c4c3CCC43CCCC3)cc2)[nH]1)C(C)C. The Balaban J connectivity index is 0.973. The standard InChI is InChI=1S/C51H62N8O6/c1-29(2)43(56-49(62)64-5)47(60)58-25-9-11-40(58)45-52-28-39(55-45)32-15-13-31(14-16-32)34-18-19-35(42-36(34)21-24-51(42)22-7-8-23-51)33-17-20-37-38(27-33)54-46(53-37)41-12-10-26-59(41)48(61)44(30(3)4)57-50(63)65-6/h13-20,27-30,40-41,43-44H,7-12,21-26H2,1-6H3,(H,52,55)(H,53,54)(H,56,62)(H,57,63)/t40-,41-,43-,44-/m0/s1. The molecular weight excluding hydrogens is 821 g/mol. The molecule has 1 saturated carbocycles. The number of carbonyl (C=O) groups excluding carboxylic acids is 4. The number of amides is 4. The lowest BCUT2D eigenvalue weighted by Crippen LogP contribution is -2.51. The number of imidazole rings is 2. The molecule has 5 aromatic rings. The van der Waals surface area contributed by atoms with Gasteiger partial charge in [0, 0.05) is 13.1 Å². The number of ether oxygens (including phenoxy) is 2. The Morgan fingerprint density at radius 1 is 0.692 bits per heavy atom. The van der Waals surface area contributed by atoms with Gasteiger partial charge in [-0.2, -0.15) is 0 Å². The minimum absolute atomic E-state index is 0.104. The molecule has 2 saturated heterocycles. The molecule has 0 radical (unpaired) electrons. The van der Waals surface area contributed by atoms with Crippen LogP contribution < -0.4 is 10.6 Å². The summed E-state index contributed by atoms with van der Waals surface area (Å²) in [5, 5.41) is 5.47. The number of likely N-dealkylation sites (tertiary alicyclic amines) is 2. The minimum atomic E-state index is -0.689. The molecule has 3 fully saturated rings. The second-order valence-electron chi connectivity index (χ2n) is 19.2. The van der Waals surface area contributed by atoms with E-state index in [0.29, 0.717) is 13.1 Å². The van der Waals surface area contributed by atoms with Crippen molar-refractivity contribution < 1.29 is 28.7 Å². The maximum absolute atomic E-state index is 13.8. The van der Waals surface area contributed by atoms with Gasteiger partial charge in [-0.25, -0.2) is 19.6 Å². The monoisotopic (exact) mass is 882 g/mol. The van der Waals surface area contributed by atoms with Crippen LogP contribution in [0.25, 0.3) is 44.5 Å². The summed E-state index contributed by atoms with van der Waals surface area (Å²) in [6, 6.07) is 18.1. The topological polar surface area (TPSA) is 175 Å². The van der Waals surface area contributed by atoms with Gasteiger partial charge in [-0.05, 0) is 120 Å². The van der Waals surface area contributed by atoms with Crippen LogP contribution in [0.3, 0.4) is 0 Å². The number of carbonyl (C=O) groups is 4. The highest BCUT2D eigenvalue weighted by Crippen LogP contribution is 2.55. The van der Waals surface area contributed by atoms with Crippen molar-refractivity contribution in [3.8, 4) is 33.5 Å². The second kappa shape index (κ2) is 18.0. The summed E-state index contributed by atoms with van der Waals surface area (Å²) in [4.78, 5) is 72.4. The van der Waals surface area contributed by atoms with Crippen LogP contribution >= 0.6 is 0 Å². The van der Waals surface area contributed by atoms with Crippen LogP contribution in [0.5, 0.6) is 0 Å². The molecule has 0 bridgehead atoms. The summed E-state index contributed by atoms with van der Waals surface area (Å²) in [7, 11) is 2.61. The second-order valence-corrected chi connectivity index (χ2v) is 19.2. The number of alkyl carbamates (subject to hydrolysis) is 2. The fourth-order valence-electron chi connectivity index (χ4n) is 11.3. The van der Waals surface area contributed by atoms with E-state index in [1.807, 2.05) is 43.7 Å². The van der Waals surface area contributed by atoms with Crippen LogP contribution in [-0.2, 0) is 30.9 Å². The minimum Gasteiger partial charge on any atom is -0.453 e. The normalized spacial score (nSPS) is 19.9. The van der Waals surface area contributed by atoms with Gasteiger partial charge >= 0.3 is 12.2 Å². The molecule has 0 unspecified atom stereocenters. The first-order chi connectivity index (χ1) is 31.4. The number of methoxy groups -OCH3 is 2. The smallest absolute Gasteiger partial charge is 0.407 e. The summed E-state index contributed by atoms with van der Waals surface area (Å²) in [5.74, 6) is 1.06. The molecule has 4 heterocycles. The summed E-state index contributed by atoms with van der Waals surface area (Å²) in [6.07, 6.45) is 11.0. The van der Waals surface area contributed by atoms with Gasteiger partial charge < -0.3 is 39.9 Å². The van der Waals surface area contributed by atoms with Crippen LogP contribution in [0.1, 0.15) is 120 Å². The average molecular weight is 883 g/mol. The summed E-state index contributed by atoms with van der Waals surface area (Å²) >= 11 is 0. The van der Waals surface area contributed by atoms with E-state index in [4.69, 9.17) is 19.4 Å². The van der Waals surface area contributed by atoms with Gasteiger partial charge in [-0.1, -0.05) is 83.0 Å². The molecule has 4 amide bonds. The van der Waals surface area contributed by atoms with E-state index in [0.717, 1.165) is 78.0 Å².